The van der Waals surface area contributed by atoms with Gasteiger partial charge in [-0.2, -0.15) is 0 Å². The smallest absolute Gasteiger partial charge is 0.121 e. The van der Waals surface area contributed by atoms with Crippen LogP contribution in [0.15, 0.2) is 12.1 Å². The minimum atomic E-state index is 0.337. The quantitative estimate of drug-likeness (QED) is 0.555. The Labute approximate surface area is 66.7 Å². The third-order valence-corrected chi connectivity index (χ3v) is 1.66. The van der Waals surface area contributed by atoms with E-state index in [-0.39, 0.29) is 0 Å². The molecular weight excluding hydrogens is 136 g/mol. The number of aromatic hydroxyl groups is 1. The summed E-state index contributed by atoms with van der Waals surface area (Å²) in [6.07, 6.45) is 5.21. The molecule has 0 saturated heterocycles. The van der Waals surface area contributed by atoms with Gasteiger partial charge in [-0.15, -0.1) is 6.42 Å². The molecule has 0 aliphatic heterocycles. The van der Waals surface area contributed by atoms with Crippen molar-refractivity contribution in [1.82, 2.24) is 0 Å². The Hall–Kier alpha value is -1.42. The summed E-state index contributed by atoms with van der Waals surface area (Å²) >= 11 is 0. The highest BCUT2D eigenvalue weighted by Gasteiger charge is 2.00. The number of phenolic OH excluding ortho intramolecular Hbond substituents is 1. The summed E-state index contributed by atoms with van der Waals surface area (Å²) in [6, 6.07) is 3.59. The fraction of sp³-hybridized carbons (Fsp3) is 0.200. The third kappa shape index (κ3) is 1.35. The highest BCUT2D eigenvalue weighted by atomic mass is 16.3. The van der Waals surface area contributed by atoms with Crippen molar-refractivity contribution in [2.45, 2.75) is 13.8 Å². The van der Waals surface area contributed by atoms with E-state index in [9.17, 15) is 5.11 Å². The van der Waals surface area contributed by atoms with E-state index in [0.29, 0.717) is 5.75 Å². The molecule has 0 bridgehead atoms. The Morgan fingerprint density at radius 3 is 2.09 bits per heavy atom. The normalized spacial score (nSPS) is 9.18. The first-order chi connectivity index (χ1) is 5.15. The number of phenols is 1. The summed E-state index contributed by atoms with van der Waals surface area (Å²) in [6.45, 7) is 3.67. The van der Waals surface area contributed by atoms with E-state index in [4.69, 9.17) is 6.42 Å². The molecule has 1 rings (SSSR count). The molecule has 1 aromatic carbocycles. The zero-order chi connectivity index (χ0) is 8.43. The van der Waals surface area contributed by atoms with Gasteiger partial charge in [0.2, 0.25) is 0 Å². The van der Waals surface area contributed by atoms with Crippen LogP contribution in [0.5, 0.6) is 5.75 Å². The highest BCUT2D eigenvalue weighted by Crippen LogP contribution is 2.22. The number of hydrogen-bond donors (Lipinski definition) is 1. The van der Waals surface area contributed by atoms with E-state index in [2.05, 4.69) is 5.92 Å². The Bertz CT molecular complexity index is 295. The predicted octanol–water partition coefficient (Wildman–Crippen LogP) is 1.99. The summed E-state index contributed by atoms with van der Waals surface area (Å²) in [5.41, 5.74) is 2.48. The van der Waals surface area contributed by atoms with Crippen molar-refractivity contribution < 1.29 is 5.11 Å². The van der Waals surface area contributed by atoms with Crippen LogP contribution in [0.3, 0.4) is 0 Å². The molecule has 0 aliphatic rings. The van der Waals surface area contributed by atoms with Gasteiger partial charge < -0.3 is 5.11 Å². The second kappa shape index (κ2) is 2.67. The molecule has 0 saturated carbocycles. The summed E-state index contributed by atoms with van der Waals surface area (Å²) in [7, 11) is 0. The molecule has 1 heteroatoms. The van der Waals surface area contributed by atoms with Crippen LogP contribution in [0.2, 0.25) is 0 Å². The Morgan fingerprint density at radius 1 is 1.27 bits per heavy atom. The molecule has 1 aromatic rings. The SMILES string of the molecule is C#Cc1cc(C)c(O)c(C)c1. The topological polar surface area (TPSA) is 20.2 Å². The van der Waals surface area contributed by atoms with Gasteiger partial charge in [0.1, 0.15) is 5.75 Å². The van der Waals surface area contributed by atoms with Gasteiger partial charge in [-0.1, -0.05) is 5.92 Å². The molecule has 0 amide bonds. The van der Waals surface area contributed by atoms with Gasteiger partial charge in [0.15, 0.2) is 0 Å². The maximum atomic E-state index is 9.36. The van der Waals surface area contributed by atoms with E-state index >= 15 is 0 Å². The van der Waals surface area contributed by atoms with Gasteiger partial charge in [-0.05, 0) is 37.1 Å². The minimum absolute atomic E-state index is 0.337. The summed E-state index contributed by atoms with van der Waals surface area (Å²) in [5, 5.41) is 9.36. The van der Waals surface area contributed by atoms with Crippen LogP contribution >= 0.6 is 0 Å². The lowest BCUT2D eigenvalue weighted by Gasteiger charge is -2.02. The van der Waals surface area contributed by atoms with Crippen LogP contribution in [0.1, 0.15) is 16.7 Å². The first kappa shape index (κ1) is 7.68. The molecule has 11 heavy (non-hydrogen) atoms. The number of benzene rings is 1. The van der Waals surface area contributed by atoms with Gasteiger partial charge in [-0.25, -0.2) is 0 Å². The maximum absolute atomic E-state index is 9.36. The molecule has 0 heterocycles. The molecule has 0 fully saturated rings. The van der Waals surface area contributed by atoms with E-state index in [0.717, 1.165) is 16.7 Å². The third-order valence-electron chi connectivity index (χ3n) is 1.66. The average molecular weight is 146 g/mol. The van der Waals surface area contributed by atoms with Gasteiger partial charge in [0, 0.05) is 5.56 Å². The van der Waals surface area contributed by atoms with Crippen LogP contribution in [0.25, 0.3) is 0 Å². The first-order valence-electron chi connectivity index (χ1n) is 3.42. The maximum Gasteiger partial charge on any atom is 0.121 e. The van der Waals surface area contributed by atoms with Crippen molar-refractivity contribution in [2.24, 2.45) is 0 Å². The van der Waals surface area contributed by atoms with E-state index in [1.54, 1.807) is 12.1 Å². The monoisotopic (exact) mass is 146 g/mol. The fourth-order valence-corrected chi connectivity index (χ4v) is 1.04. The van der Waals surface area contributed by atoms with Crippen LogP contribution < -0.4 is 0 Å². The fourth-order valence-electron chi connectivity index (χ4n) is 1.04. The molecule has 0 aromatic heterocycles. The molecule has 56 valence electrons. The number of aryl methyl sites for hydroxylation is 2. The molecule has 0 atom stereocenters. The standard InChI is InChI=1S/C10H10O/c1-4-9-5-7(2)10(11)8(3)6-9/h1,5-6,11H,2-3H3. The summed E-state index contributed by atoms with van der Waals surface area (Å²) in [5.74, 6) is 2.86. The predicted molar refractivity (Wildman–Crippen MR) is 45.5 cm³/mol. The molecule has 0 spiro atoms. The second-order valence-corrected chi connectivity index (χ2v) is 2.60. The van der Waals surface area contributed by atoms with E-state index in [1.165, 1.54) is 0 Å². The van der Waals surface area contributed by atoms with Crippen molar-refractivity contribution in [3.63, 3.8) is 0 Å². The zero-order valence-corrected chi connectivity index (χ0v) is 6.68. The van der Waals surface area contributed by atoms with Crippen molar-refractivity contribution in [1.29, 1.82) is 0 Å². The van der Waals surface area contributed by atoms with Gasteiger partial charge in [0.05, 0.1) is 0 Å². The Balaban J connectivity index is 3.35. The van der Waals surface area contributed by atoms with Crippen molar-refractivity contribution in [3.8, 4) is 18.1 Å². The number of terminal acetylenes is 1. The minimum Gasteiger partial charge on any atom is -0.507 e. The Kier molecular flexibility index (Phi) is 1.87. The number of rotatable bonds is 0. The lowest BCUT2D eigenvalue weighted by atomic mass is 10.1. The van der Waals surface area contributed by atoms with Crippen LogP contribution in [-0.2, 0) is 0 Å². The van der Waals surface area contributed by atoms with Crippen LogP contribution in [-0.4, -0.2) is 5.11 Å². The summed E-state index contributed by atoms with van der Waals surface area (Å²) < 4.78 is 0. The molecule has 1 N–H and O–H groups in total. The molecule has 0 radical (unpaired) electrons. The largest absolute Gasteiger partial charge is 0.507 e. The van der Waals surface area contributed by atoms with Gasteiger partial charge in [0.25, 0.3) is 0 Å². The molecular formula is C10H10O. The second-order valence-electron chi connectivity index (χ2n) is 2.60. The summed E-state index contributed by atoms with van der Waals surface area (Å²) in [4.78, 5) is 0. The van der Waals surface area contributed by atoms with Crippen molar-refractivity contribution in [2.75, 3.05) is 0 Å². The van der Waals surface area contributed by atoms with E-state index in [1.807, 2.05) is 13.8 Å². The lowest BCUT2D eigenvalue weighted by molar-refractivity contribution is 0.467. The zero-order valence-electron chi connectivity index (χ0n) is 6.68. The van der Waals surface area contributed by atoms with Crippen LogP contribution in [0.4, 0.5) is 0 Å². The first-order valence-corrected chi connectivity index (χ1v) is 3.42. The average Bonchev–Trinajstić information content (AvgIpc) is 1.99. The highest BCUT2D eigenvalue weighted by molar-refractivity contribution is 5.47. The van der Waals surface area contributed by atoms with Crippen LogP contribution in [0, 0.1) is 26.2 Å². The van der Waals surface area contributed by atoms with Crippen molar-refractivity contribution in [3.05, 3.63) is 28.8 Å². The van der Waals surface area contributed by atoms with Gasteiger partial charge in [-0.3, -0.25) is 0 Å². The molecule has 0 aliphatic carbocycles. The van der Waals surface area contributed by atoms with Gasteiger partial charge >= 0.3 is 0 Å². The molecule has 0 unspecified atom stereocenters. The van der Waals surface area contributed by atoms with E-state index < -0.39 is 0 Å². The van der Waals surface area contributed by atoms with Crippen molar-refractivity contribution >= 4 is 0 Å². The number of hydrogen-bond acceptors (Lipinski definition) is 1. The Morgan fingerprint density at radius 2 is 1.73 bits per heavy atom. The molecule has 1 nitrogen and oxygen atoms in total. The lowest BCUT2D eigenvalue weighted by Crippen LogP contribution is -1.83.